The topological polar surface area (TPSA) is 12.9 Å². The lowest BCUT2D eigenvalue weighted by Gasteiger charge is -2.19. The first kappa shape index (κ1) is 9.24. The van der Waals surface area contributed by atoms with Gasteiger partial charge in [-0.05, 0) is 36.0 Å². The number of rotatable bonds is 1. The van der Waals surface area contributed by atoms with Gasteiger partial charge in [0.1, 0.15) is 0 Å². The fraction of sp³-hybridized carbons (Fsp3) is 0.545. The highest BCUT2D eigenvalue weighted by molar-refractivity contribution is 5.22. The molecule has 0 aliphatic heterocycles. The van der Waals surface area contributed by atoms with Gasteiger partial charge in [-0.1, -0.05) is 20.8 Å². The van der Waals surface area contributed by atoms with Crippen molar-refractivity contribution in [3.05, 3.63) is 29.6 Å². The van der Waals surface area contributed by atoms with Crippen LogP contribution < -0.4 is 0 Å². The lowest BCUT2D eigenvalue weighted by atomic mass is 9.87. The second kappa shape index (κ2) is 3.26. The third kappa shape index (κ3) is 2.65. The molecule has 0 atom stereocenters. The van der Waals surface area contributed by atoms with Crippen LogP contribution in [0.5, 0.6) is 0 Å². The molecule has 1 heteroatoms. The van der Waals surface area contributed by atoms with Gasteiger partial charge in [0.2, 0.25) is 0 Å². The average Bonchev–Trinajstić information content (AvgIpc) is 1.91. The van der Waals surface area contributed by atoms with Crippen molar-refractivity contribution in [2.24, 2.45) is 5.41 Å². The van der Waals surface area contributed by atoms with Gasteiger partial charge in [0.15, 0.2) is 0 Å². The zero-order valence-corrected chi connectivity index (χ0v) is 8.39. The first-order valence-corrected chi connectivity index (χ1v) is 4.38. The summed E-state index contributed by atoms with van der Waals surface area (Å²) in [6.07, 6.45) is 4.93. The Morgan fingerprint density at radius 2 is 2.00 bits per heavy atom. The molecule has 12 heavy (non-hydrogen) atoms. The van der Waals surface area contributed by atoms with Gasteiger partial charge in [-0.25, -0.2) is 0 Å². The molecular weight excluding hydrogens is 146 g/mol. The van der Waals surface area contributed by atoms with Gasteiger partial charge in [-0.2, -0.15) is 0 Å². The largest absolute Gasteiger partial charge is 0.264 e. The third-order valence-corrected chi connectivity index (χ3v) is 1.86. The van der Waals surface area contributed by atoms with Crippen molar-refractivity contribution in [2.75, 3.05) is 0 Å². The molecule has 1 rings (SSSR count). The van der Waals surface area contributed by atoms with E-state index in [1.165, 1.54) is 11.1 Å². The maximum Gasteiger partial charge on any atom is 0.0299 e. The lowest BCUT2D eigenvalue weighted by Crippen LogP contribution is -2.10. The highest BCUT2D eigenvalue weighted by Crippen LogP contribution is 2.21. The molecule has 0 N–H and O–H groups in total. The standard InChI is InChI=1S/C11H17N/c1-9-8-12-6-5-10(9)7-11(2,3)4/h5-6,8H,7H2,1-4H3. The van der Waals surface area contributed by atoms with Crippen LogP contribution in [0, 0.1) is 12.3 Å². The van der Waals surface area contributed by atoms with Crippen LogP contribution in [0.1, 0.15) is 31.9 Å². The molecule has 1 aromatic heterocycles. The maximum atomic E-state index is 4.07. The number of hydrogen-bond acceptors (Lipinski definition) is 1. The first-order chi connectivity index (χ1) is 5.49. The summed E-state index contributed by atoms with van der Waals surface area (Å²) in [4.78, 5) is 4.07. The summed E-state index contributed by atoms with van der Waals surface area (Å²) in [5.41, 5.74) is 3.08. The van der Waals surface area contributed by atoms with Gasteiger partial charge in [-0.3, -0.25) is 4.98 Å². The molecule has 1 aromatic rings. The number of aryl methyl sites for hydroxylation is 1. The van der Waals surface area contributed by atoms with E-state index in [2.05, 4.69) is 38.7 Å². The minimum Gasteiger partial charge on any atom is -0.264 e. The normalized spacial score (nSPS) is 11.7. The van der Waals surface area contributed by atoms with Crippen LogP contribution in [-0.2, 0) is 6.42 Å². The Balaban J connectivity index is 2.83. The Morgan fingerprint density at radius 3 is 2.50 bits per heavy atom. The van der Waals surface area contributed by atoms with Gasteiger partial charge < -0.3 is 0 Å². The van der Waals surface area contributed by atoms with Crippen molar-refractivity contribution in [1.82, 2.24) is 4.98 Å². The van der Waals surface area contributed by atoms with E-state index in [4.69, 9.17) is 0 Å². The molecule has 1 heterocycles. The fourth-order valence-electron chi connectivity index (χ4n) is 1.27. The van der Waals surface area contributed by atoms with Crippen LogP contribution in [0.15, 0.2) is 18.5 Å². The number of nitrogens with zero attached hydrogens (tertiary/aromatic N) is 1. The van der Waals surface area contributed by atoms with E-state index < -0.39 is 0 Å². The molecule has 0 bridgehead atoms. The third-order valence-electron chi connectivity index (χ3n) is 1.86. The highest BCUT2D eigenvalue weighted by atomic mass is 14.6. The number of hydrogen-bond donors (Lipinski definition) is 0. The summed E-state index contributed by atoms with van der Waals surface area (Å²) in [6.45, 7) is 8.89. The zero-order chi connectivity index (χ0) is 9.19. The van der Waals surface area contributed by atoms with Crippen molar-refractivity contribution >= 4 is 0 Å². The van der Waals surface area contributed by atoms with Gasteiger partial charge >= 0.3 is 0 Å². The van der Waals surface area contributed by atoms with Crippen LogP contribution in [0.4, 0.5) is 0 Å². The van der Waals surface area contributed by atoms with Crippen molar-refractivity contribution in [2.45, 2.75) is 34.1 Å². The van der Waals surface area contributed by atoms with Gasteiger partial charge in [0, 0.05) is 12.4 Å². The molecule has 66 valence electrons. The predicted octanol–water partition coefficient (Wildman–Crippen LogP) is 2.98. The van der Waals surface area contributed by atoms with E-state index in [0.717, 1.165) is 6.42 Å². The molecule has 1 nitrogen and oxygen atoms in total. The SMILES string of the molecule is Cc1cnccc1CC(C)(C)C. The minimum atomic E-state index is 0.367. The molecule has 0 aliphatic carbocycles. The van der Waals surface area contributed by atoms with Crippen molar-refractivity contribution < 1.29 is 0 Å². The van der Waals surface area contributed by atoms with Crippen LogP contribution in [0.3, 0.4) is 0 Å². The summed E-state index contributed by atoms with van der Waals surface area (Å²) in [6, 6.07) is 2.11. The molecule has 0 spiro atoms. The lowest BCUT2D eigenvalue weighted by molar-refractivity contribution is 0.410. The molecule has 0 aromatic carbocycles. The molecule has 0 unspecified atom stereocenters. The predicted molar refractivity (Wildman–Crippen MR) is 52.1 cm³/mol. The summed E-state index contributed by atoms with van der Waals surface area (Å²) in [5, 5.41) is 0. The van der Waals surface area contributed by atoms with E-state index in [9.17, 15) is 0 Å². The molecule has 0 aliphatic rings. The van der Waals surface area contributed by atoms with Gasteiger partial charge in [0.25, 0.3) is 0 Å². The highest BCUT2D eigenvalue weighted by Gasteiger charge is 2.12. The number of aromatic nitrogens is 1. The molecular formula is C11H17N. The molecule has 0 fully saturated rings. The van der Waals surface area contributed by atoms with Crippen LogP contribution >= 0.6 is 0 Å². The minimum absolute atomic E-state index is 0.367. The van der Waals surface area contributed by atoms with Crippen LogP contribution in [0.2, 0.25) is 0 Å². The Morgan fingerprint density at radius 1 is 1.33 bits per heavy atom. The summed E-state index contributed by atoms with van der Waals surface area (Å²) in [5.74, 6) is 0. The van der Waals surface area contributed by atoms with Gasteiger partial charge in [0.05, 0.1) is 0 Å². The quantitative estimate of drug-likeness (QED) is 0.620. The second-order valence-electron chi connectivity index (χ2n) is 4.54. The Kier molecular flexibility index (Phi) is 2.51. The average molecular weight is 163 g/mol. The Labute approximate surface area is 74.8 Å². The zero-order valence-electron chi connectivity index (χ0n) is 8.39. The molecule has 0 saturated carbocycles. The van der Waals surface area contributed by atoms with Gasteiger partial charge in [-0.15, -0.1) is 0 Å². The van der Waals surface area contributed by atoms with E-state index in [1.54, 1.807) is 0 Å². The van der Waals surface area contributed by atoms with E-state index in [0.29, 0.717) is 5.41 Å². The Bertz CT molecular complexity index is 258. The Hall–Kier alpha value is -0.850. The van der Waals surface area contributed by atoms with Crippen molar-refractivity contribution in [3.8, 4) is 0 Å². The second-order valence-corrected chi connectivity index (χ2v) is 4.54. The van der Waals surface area contributed by atoms with Crippen LogP contribution in [0.25, 0.3) is 0 Å². The molecule has 0 amide bonds. The summed E-state index contributed by atoms with van der Waals surface area (Å²) < 4.78 is 0. The monoisotopic (exact) mass is 163 g/mol. The van der Waals surface area contributed by atoms with Crippen molar-refractivity contribution in [1.29, 1.82) is 0 Å². The fourth-order valence-corrected chi connectivity index (χ4v) is 1.27. The summed E-state index contributed by atoms with van der Waals surface area (Å²) >= 11 is 0. The molecule has 0 saturated heterocycles. The maximum absolute atomic E-state index is 4.07. The number of pyridine rings is 1. The van der Waals surface area contributed by atoms with Crippen molar-refractivity contribution in [3.63, 3.8) is 0 Å². The van der Waals surface area contributed by atoms with E-state index in [-0.39, 0.29) is 0 Å². The van der Waals surface area contributed by atoms with Crippen LogP contribution in [-0.4, -0.2) is 4.98 Å². The van der Waals surface area contributed by atoms with E-state index >= 15 is 0 Å². The van der Waals surface area contributed by atoms with E-state index in [1.807, 2.05) is 12.4 Å². The smallest absolute Gasteiger partial charge is 0.0299 e. The molecule has 0 radical (unpaired) electrons. The summed E-state index contributed by atoms with van der Waals surface area (Å²) in [7, 11) is 0. The first-order valence-electron chi connectivity index (χ1n) is 4.38.